The predicted octanol–water partition coefficient (Wildman–Crippen LogP) is 2.82. The predicted molar refractivity (Wildman–Crippen MR) is 57.6 cm³/mol. The van der Waals surface area contributed by atoms with Crippen LogP contribution in [0.2, 0.25) is 0 Å². The first-order valence-electron chi connectivity index (χ1n) is 5.25. The molecule has 1 aromatic rings. The van der Waals surface area contributed by atoms with Crippen molar-refractivity contribution in [3.8, 4) is 5.88 Å². The molecule has 1 aromatic heterocycles. The molecule has 0 spiro atoms. The Labute approximate surface area is 97.8 Å². The molecule has 0 amide bonds. The van der Waals surface area contributed by atoms with Crippen LogP contribution in [-0.2, 0) is 0 Å². The second-order valence-corrected chi connectivity index (χ2v) is 3.72. The zero-order valence-corrected chi connectivity index (χ0v) is 9.50. The summed E-state index contributed by atoms with van der Waals surface area (Å²) in [5.74, 6) is 0.368. The summed E-state index contributed by atoms with van der Waals surface area (Å²) in [6.07, 6.45) is -3.14. The molecular formula is C11H15F3N2O. The van der Waals surface area contributed by atoms with Gasteiger partial charge in [-0.15, -0.1) is 0 Å². The molecule has 0 bridgehead atoms. The van der Waals surface area contributed by atoms with E-state index in [9.17, 15) is 13.2 Å². The Morgan fingerprint density at radius 3 is 2.76 bits per heavy atom. The number of hydrogen-bond donors (Lipinski definition) is 1. The molecule has 6 heteroatoms. The summed E-state index contributed by atoms with van der Waals surface area (Å²) in [7, 11) is 1.45. The normalized spacial score (nSPS) is 13.5. The van der Waals surface area contributed by atoms with Crippen LogP contribution in [0.1, 0.15) is 30.9 Å². The van der Waals surface area contributed by atoms with Gasteiger partial charge in [0.15, 0.2) is 0 Å². The topological polar surface area (TPSA) is 48.1 Å². The van der Waals surface area contributed by atoms with E-state index in [0.717, 1.165) is 0 Å². The Balaban J connectivity index is 2.55. The fourth-order valence-electron chi connectivity index (χ4n) is 1.53. The van der Waals surface area contributed by atoms with Crippen LogP contribution in [0, 0.1) is 0 Å². The lowest BCUT2D eigenvalue weighted by atomic mass is 10.0. The standard InChI is InChI=1S/C11H15F3N2O/c1-17-10-8(4-3-7-16-10)9(15)5-2-6-11(12,13)14/h3-4,7,9H,2,5-6,15H2,1H3. The summed E-state index contributed by atoms with van der Waals surface area (Å²) >= 11 is 0. The monoisotopic (exact) mass is 248 g/mol. The second-order valence-electron chi connectivity index (χ2n) is 3.72. The van der Waals surface area contributed by atoms with Crippen LogP contribution in [0.4, 0.5) is 13.2 Å². The van der Waals surface area contributed by atoms with Gasteiger partial charge >= 0.3 is 6.18 Å². The van der Waals surface area contributed by atoms with Gasteiger partial charge < -0.3 is 10.5 Å². The molecular weight excluding hydrogens is 233 g/mol. The molecule has 1 heterocycles. The van der Waals surface area contributed by atoms with Gasteiger partial charge in [0.1, 0.15) is 0 Å². The van der Waals surface area contributed by atoms with Gasteiger partial charge in [-0.25, -0.2) is 4.98 Å². The van der Waals surface area contributed by atoms with E-state index in [1.807, 2.05) is 0 Å². The summed E-state index contributed by atoms with van der Waals surface area (Å²) in [4.78, 5) is 3.95. The quantitative estimate of drug-likeness (QED) is 0.871. The highest BCUT2D eigenvalue weighted by atomic mass is 19.4. The maximum atomic E-state index is 12.0. The van der Waals surface area contributed by atoms with Crippen LogP contribution in [0.15, 0.2) is 18.3 Å². The zero-order valence-electron chi connectivity index (χ0n) is 9.50. The molecule has 0 aromatic carbocycles. The third-order valence-electron chi connectivity index (χ3n) is 2.37. The molecule has 0 aliphatic rings. The van der Waals surface area contributed by atoms with Crippen LogP contribution >= 0.6 is 0 Å². The minimum absolute atomic E-state index is 0.00269. The third-order valence-corrected chi connectivity index (χ3v) is 2.37. The number of halogens is 3. The largest absolute Gasteiger partial charge is 0.481 e. The van der Waals surface area contributed by atoms with E-state index in [0.29, 0.717) is 11.4 Å². The number of rotatable bonds is 5. The van der Waals surface area contributed by atoms with Gasteiger partial charge in [-0.1, -0.05) is 6.07 Å². The summed E-state index contributed by atoms with van der Waals surface area (Å²) < 4.78 is 40.9. The van der Waals surface area contributed by atoms with Gasteiger partial charge in [0.25, 0.3) is 0 Å². The van der Waals surface area contributed by atoms with Crippen molar-refractivity contribution in [1.29, 1.82) is 0 Å². The van der Waals surface area contributed by atoms with Crippen LogP contribution in [0.3, 0.4) is 0 Å². The number of nitrogens with two attached hydrogens (primary N) is 1. The molecule has 3 nitrogen and oxygen atoms in total. The van der Waals surface area contributed by atoms with Crippen molar-refractivity contribution in [2.45, 2.75) is 31.5 Å². The van der Waals surface area contributed by atoms with Crippen molar-refractivity contribution in [1.82, 2.24) is 4.98 Å². The molecule has 1 rings (SSSR count). The van der Waals surface area contributed by atoms with E-state index >= 15 is 0 Å². The Morgan fingerprint density at radius 1 is 1.47 bits per heavy atom. The van der Waals surface area contributed by atoms with E-state index in [1.54, 1.807) is 18.3 Å². The minimum atomic E-state index is -4.13. The van der Waals surface area contributed by atoms with Gasteiger partial charge in [-0.3, -0.25) is 0 Å². The SMILES string of the molecule is COc1ncccc1C(N)CCCC(F)(F)F. The van der Waals surface area contributed by atoms with Crippen molar-refractivity contribution < 1.29 is 17.9 Å². The first-order valence-corrected chi connectivity index (χ1v) is 5.25. The van der Waals surface area contributed by atoms with E-state index in [1.165, 1.54) is 7.11 Å². The van der Waals surface area contributed by atoms with Gasteiger partial charge in [0.2, 0.25) is 5.88 Å². The molecule has 0 aliphatic heterocycles. The molecule has 0 saturated heterocycles. The highest BCUT2D eigenvalue weighted by Crippen LogP contribution is 2.27. The Morgan fingerprint density at radius 2 is 2.18 bits per heavy atom. The lowest BCUT2D eigenvalue weighted by Gasteiger charge is -2.14. The highest BCUT2D eigenvalue weighted by Gasteiger charge is 2.26. The van der Waals surface area contributed by atoms with Crippen molar-refractivity contribution >= 4 is 0 Å². The number of nitrogens with zero attached hydrogens (tertiary/aromatic N) is 1. The molecule has 0 fully saturated rings. The van der Waals surface area contributed by atoms with Gasteiger partial charge in [-0.05, 0) is 18.9 Å². The summed E-state index contributed by atoms with van der Waals surface area (Å²) in [6, 6.07) is 2.91. The van der Waals surface area contributed by atoms with Crippen molar-refractivity contribution in [2.75, 3.05) is 7.11 Å². The van der Waals surface area contributed by atoms with E-state index in [2.05, 4.69) is 4.98 Å². The number of ether oxygens (including phenoxy) is 1. The van der Waals surface area contributed by atoms with E-state index in [-0.39, 0.29) is 12.8 Å². The number of methoxy groups -OCH3 is 1. The average molecular weight is 248 g/mol. The fourth-order valence-corrected chi connectivity index (χ4v) is 1.53. The van der Waals surface area contributed by atoms with Gasteiger partial charge in [0, 0.05) is 24.2 Å². The molecule has 0 radical (unpaired) electrons. The maximum absolute atomic E-state index is 12.0. The molecule has 96 valence electrons. The Hall–Kier alpha value is -1.30. The van der Waals surface area contributed by atoms with Crippen LogP contribution in [0.25, 0.3) is 0 Å². The molecule has 0 saturated carbocycles. The van der Waals surface area contributed by atoms with Crippen LogP contribution in [-0.4, -0.2) is 18.3 Å². The van der Waals surface area contributed by atoms with E-state index < -0.39 is 18.6 Å². The highest BCUT2D eigenvalue weighted by molar-refractivity contribution is 5.28. The molecule has 2 N–H and O–H groups in total. The molecule has 1 atom stereocenters. The molecule has 0 aliphatic carbocycles. The second kappa shape index (κ2) is 5.86. The summed E-state index contributed by atoms with van der Waals surface area (Å²) in [5.41, 5.74) is 6.45. The van der Waals surface area contributed by atoms with E-state index in [4.69, 9.17) is 10.5 Å². The van der Waals surface area contributed by atoms with Gasteiger partial charge in [-0.2, -0.15) is 13.2 Å². The molecule has 1 unspecified atom stereocenters. The lowest BCUT2D eigenvalue weighted by molar-refractivity contribution is -0.135. The number of alkyl halides is 3. The zero-order chi connectivity index (χ0) is 12.9. The lowest BCUT2D eigenvalue weighted by Crippen LogP contribution is -2.14. The first-order chi connectivity index (χ1) is 7.94. The number of hydrogen-bond acceptors (Lipinski definition) is 3. The molecule has 17 heavy (non-hydrogen) atoms. The van der Waals surface area contributed by atoms with Crippen molar-refractivity contribution in [2.24, 2.45) is 5.73 Å². The maximum Gasteiger partial charge on any atom is 0.389 e. The first kappa shape index (κ1) is 13.8. The van der Waals surface area contributed by atoms with Crippen LogP contribution in [0.5, 0.6) is 5.88 Å². The van der Waals surface area contributed by atoms with Gasteiger partial charge in [0.05, 0.1) is 7.11 Å². The number of aromatic nitrogens is 1. The van der Waals surface area contributed by atoms with Crippen molar-refractivity contribution in [3.63, 3.8) is 0 Å². The minimum Gasteiger partial charge on any atom is -0.481 e. The number of pyridine rings is 1. The Bertz CT molecular complexity index is 355. The fraction of sp³-hybridized carbons (Fsp3) is 0.545. The summed E-state index contributed by atoms with van der Waals surface area (Å²) in [5, 5.41) is 0. The Kier molecular flexibility index (Phi) is 4.74. The smallest absolute Gasteiger partial charge is 0.389 e. The summed E-state index contributed by atoms with van der Waals surface area (Å²) in [6.45, 7) is 0. The van der Waals surface area contributed by atoms with Crippen LogP contribution < -0.4 is 10.5 Å². The van der Waals surface area contributed by atoms with Crippen molar-refractivity contribution in [3.05, 3.63) is 23.9 Å². The average Bonchev–Trinajstić information content (AvgIpc) is 2.27. The third kappa shape index (κ3) is 4.60.